The van der Waals surface area contributed by atoms with Crippen molar-refractivity contribution in [1.29, 1.82) is 0 Å². The molecular formula is C20H22N4. The van der Waals surface area contributed by atoms with E-state index in [-0.39, 0.29) is 0 Å². The molecule has 2 heterocycles. The molecule has 4 heteroatoms. The van der Waals surface area contributed by atoms with E-state index in [4.69, 9.17) is 0 Å². The maximum Gasteiger partial charge on any atom is 0.195 e. The molecule has 0 atom stereocenters. The molecule has 0 unspecified atom stereocenters. The molecule has 3 aromatic rings. The largest absolute Gasteiger partial charge is 0.354 e. The van der Waals surface area contributed by atoms with Crippen molar-refractivity contribution in [3.63, 3.8) is 0 Å². The Morgan fingerprint density at radius 2 is 1.88 bits per heavy atom. The molecule has 0 saturated heterocycles. The van der Waals surface area contributed by atoms with Crippen molar-refractivity contribution < 1.29 is 0 Å². The first-order valence-corrected chi connectivity index (χ1v) is 8.60. The summed E-state index contributed by atoms with van der Waals surface area (Å²) in [7, 11) is 0. The van der Waals surface area contributed by atoms with E-state index in [1.807, 2.05) is 0 Å². The Labute approximate surface area is 142 Å². The molecule has 1 aliphatic rings. The Balaban J connectivity index is 1.96. The van der Waals surface area contributed by atoms with Gasteiger partial charge in [0.2, 0.25) is 0 Å². The van der Waals surface area contributed by atoms with E-state index in [0.29, 0.717) is 0 Å². The number of nitrogens with one attached hydrogen (secondary N) is 2. The third-order valence-electron chi connectivity index (χ3n) is 4.38. The highest BCUT2D eigenvalue weighted by Crippen LogP contribution is 2.38. The van der Waals surface area contributed by atoms with Crippen LogP contribution >= 0.6 is 0 Å². The number of aromatic nitrogens is 1. The molecule has 2 N–H and O–H groups in total. The Bertz CT molecular complexity index is 877. The molecule has 0 bridgehead atoms. The summed E-state index contributed by atoms with van der Waals surface area (Å²) in [5.74, 6) is 0.867. The van der Waals surface area contributed by atoms with Crippen molar-refractivity contribution in [2.45, 2.75) is 19.9 Å². The first-order chi connectivity index (χ1) is 11.9. The minimum atomic E-state index is 0.830. The van der Waals surface area contributed by atoms with Gasteiger partial charge < -0.3 is 15.2 Å². The summed E-state index contributed by atoms with van der Waals surface area (Å²) in [6.07, 6.45) is 1.09. The number of hydrogen-bond donors (Lipinski definition) is 2. The Hall–Kier alpha value is -2.75. The van der Waals surface area contributed by atoms with Gasteiger partial charge in [0.25, 0.3) is 0 Å². The second kappa shape index (κ2) is 6.40. The summed E-state index contributed by atoms with van der Waals surface area (Å²) in [5, 5.41) is 8.10. The lowest BCUT2D eigenvalue weighted by Crippen LogP contribution is -2.26. The molecule has 0 saturated carbocycles. The fraction of sp³-hybridized carbons (Fsp3) is 0.250. The minimum Gasteiger partial charge on any atom is -0.354 e. The fourth-order valence-electron chi connectivity index (χ4n) is 3.38. The first-order valence-electron chi connectivity index (χ1n) is 8.60. The second-order valence-corrected chi connectivity index (χ2v) is 6.04. The monoisotopic (exact) mass is 318 g/mol. The van der Waals surface area contributed by atoms with Gasteiger partial charge >= 0.3 is 0 Å². The molecule has 4 rings (SSSR count). The van der Waals surface area contributed by atoms with Crippen LogP contribution in [0.4, 0.5) is 5.69 Å². The van der Waals surface area contributed by atoms with Crippen LogP contribution < -0.4 is 10.6 Å². The molecule has 2 aromatic carbocycles. The maximum absolute atomic E-state index is 4.51. The van der Waals surface area contributed by atoms with E-state index < -0.39 is 0 Å². The van der Waals surface area contributed by atoms with E-state index in [1.54, 1.807) is 0 Å². The standard InChI is InChI=1S/C20H22N4/c1-2-14-24-17-11-7-6-10-16(17)18(23-20-21-12-13-22-20)19(24)15-8-4-3-5-9-15/h3-11H,2,12-14H2,1H3,(H2,21,22,23). The zero-order valence-electron chi connectivity index (χ0n) is 13.9. The molecule has 1 aliphatic heterocycles. The predicted octanol–water partition coefficient (Wildman–Crippen LogP) is 4.09. The fourth-order valence-corrected chi connectivity index (χ4v) is 3.38. The van der Waals surface area contributed by atoms with Crippen LogP contribution in [0.3, 0.4) is 0 Å². The maximum atomic E-state index is 4.51. The smallest absolute Gasteiger partial charge is 0.195 e. The summed E-state index contributed by atoms with van der Waals surface area (Å²) >= 11 is 0. The predicted molar refractivity (Wildman–Crippen MR) is 102 cm³/mol. The van der Waals surface area contributed by atoms with Gasteiger partial charge in [-0.25, -0.2) is 0 Å². The van der Waals surface area contributed by atoms with Crippen LogP contribution in [0.1, 0.15) is 13.3 Å². The third-order valence-corrected chi connectivity index (χ3v) is 4.38. The molecule has 4 nitrogen and oxygen atoms in total. The molecule has 122 valence electrons. The Morgan fingerprint density at radius 1 is 1.08 bits per heavy atom. The third kappa shape index (κ3) is 2.54. The molecule has 0 amide bonds. The summed E-state index contributed by atoms with van der Waals surface area (Å²) in [6.45, 7) is 4.94. The van der Waals surface area contributed by atoms with Gasteiger partial charge in [0, 0.05) is 24.0 Å². The van der Waals surface area contributed by atoms with E-state index in [1.165, 1.54) is 22.2 Å². The van der Waals surface area contributed by atoms with Crippen LogP contribution in [-0.2, 0) is 6.54 Å². The average molecular weight is 318 g/mol. The molecule has 0 spiro atoms. The first kappa shape index (κ1) is 14.8. The molecule has 24 heavy (non-hydrogen) atoms. The number of benzene rings is 2. The van der Waals surface area contributed by atoms with Gasteiger partial charge in [0.15, 0.2) is 5.96 Å². The normalized spacial score (nSPS) is 13.8. The van der Waals surface area contributed by atoms with Crippen LogP contribution in [0.5, 0.6) is 0 Å². The molecule has 1 aromatic heterocycles. The van der Waals surface area contributed by atoms with Gasteiger partial charge in [-0.1, -0.05) is 55.5 Å². The lowest BCUT2D eigenvalue weighted by molar-refractivity contribution is 0.710. The van der Waals surface area contributed by atoms with E-state index in [0.717, 1.165) is 37.7 Å². The number of para-hydroxylation sites is 1. The molecule has 0 radical (unpaired) electrons. The van der Waals surface area contributed by atoms with Crippen molar-refractivity contribution in [2.24, 2.45) is 4.99 Å². The topological polar surface area (TPSA) is 41.4 Å². The van der Waals surface area contributed by atoms with Gasteiger partial charge in [-0.3, -0.25) is 4.99 Å². The quantitative estimate of drug-likeness (QED) is 0.761. The van der Waals surface area contributed by atoms with Crippen molar-refractivity contribution in [2.75, 3.05) is 18.4 Å². The van der Waals surface area contributed by atoms with Crippen LogP contribution in [0, 0.1) is 0 Å². The lowest BCUT2D eigenvalue weighted by Gasteiger charge is -2.13. The second-order valence-electron chi connectivity index (χ2n) is 6.04. The van der Waals surface area contributed by atoms with E-state index in [2.05, 4.69) is 81.7 Å². The van der Waals surface area contributed by atoms with Crippen molar-refractivity contribution in [3.05, 3.63) is 54.6 Å². The highest BCUT2D eigenvalue weighted by atomic mass is 15.2. The van der Waals surface area contributed by atoms with Crippen LogP contribution in [0.25, 0.3) is 22.2 Å². The number of guanidine groups is 1. The number of aliphatic imine (C=N–C) groups is 1. The molecule has 0 aliphatic carbocycles. The number of fused-ring (bicyclic) bond motifs is 1. The highest BCUT2D eigenvalue weighted by molar-refractivity contribution is 6.09. The number of nitrogens with zero attached hydrogens (tertiary/aromatic N) is 2. The van der Waals surface area contributed by atoms with Crippen LogP contribution in [0.2, 0.25) is 0 Å². The zero-order chi connectivity index (χ0) is 16.4. The number of hydrogen-bond acceptors (Lipinski definition) is 3. The van der Waals surface area contributed by atoms with Crippen molar-refractivity contribution in [1.82, 2.24) is 9.88 Å². The molecule has 0 fully saturated rings. The summed E-state index contributed by atoms with van der Waals surface area (Å²) in [4.78, 5) is 4.51. The van der Waals surface area contributed by atoms with Crippen LogP contribution in [-0.4, -0.2) is 23.6 Å². The summed E-state index contributed by atoms with van der Waals surface area (Å²) < 4.78 is 2.42. The van der Waals surface area contributed by atoms with Crippen LogP contribution in [0.15, 0.2) is 59.6 Å². The van der Waals surface area contributed by atoms with Gasteiger partial charge in [-0.2, -0.15) is 0 Å². The van der Waals surface area contributed by atoms with Crippen molar-refractivity contribution >= 4 is 22.5 Å². The van der Waals surface area contributed by atoms with E-state index in [9.17, 15) is 0 Å². The lowest BCUT2D eigenvalue weighted by atomic mass is 10.1. The zero-order valence-corrected chi connectivity index (χ0v) is 13.9. The average Bonchev–Trinajstić information content (AvgIpc) is 3.24. The SMILES string of the molecule is CCCn1c(-c2ccccc2)c(NC2=NCCN2)c2ccccc21. The summed E-state index contributed by atoms with van der Waals surface area (Å²) in [6, 6.07) is 19.2. The van der Waals surface area contributed by atoms with Crippen molar-refractivity contribution in [3.8, 4) is 11.3 Å². The highest BCUT2D eigenvalue weighted by Gasteiger charge is 2.19. The number of anilines is 1. The van der Waals surface area contributed by atoms with Gasteiger partial charge in [0.05, 0.1) is 23.4 Å². The number of rotatable bonds is 4. The Kier molecular flexibility index (Phi) is 3.95. The van der Waals surface area contributed by atoms with E-state index >= 15 is 0 Å². The molecular weight excluding hydrogens is 296 g/mol. The van der Waals surface area contributed by atoms with Gasteiger partial charge in [-0.15, -0.1) is 0 Å². The van der Waals surface area contributed by atoms with Gasteiger partial charge in [0.1, 0.15) is 0 Å². The Morgan fingerprint density at radius 3 is 2.62 bits per heavy atom. The van der Waals surface area contributed by atoms with Gasteiger partial charge in [-0.05, 0) is 12.5 Å². The minimum absolute atomic E-state index is 0.830. The summed E-state index contributed by atoms with van der Waals surface area (Å²) in [5.41, 5.74) is 4.86. The number of aryl methyl sites for hydroxylation is 1.